The van der Waals surface area contributed by atoms with E-state index in [4.69, 9.17) is 4.74 Å². The van der Waals surface area contributed by atoms with Gasteiger partial charge in [0.2, 0.25) is 0 Å². The highest BCUT2D eigenvalue weighted by atomic mass is 16.5. The first kappa shape index (κ1) is 14.0. The summed E-state index contributed by atoms with van der Waals surface area (Å²) in [6, 6.07) is 7.78. The van der Waals surface area contributed by atoms with Gasteiger partial charge in [0.05, 0.1) is 19.3 Å². The summed E-state index contributed by atoms with van der Waals surface area (Å²) >= 11 is 0. The Kier molecular flexibility index (Phi) is 6.01. The second kappa shape index (κ2) is 7.30. The molecule has 1 aromatic carbocycles. The molecule has 17 heavy (non-hydrogen) atoms. The van der Waals surface area contributed by atoms with E-state index in [1.807, 2.05) is 31.2 Å². The van der Waals surface area contributed by atoms with Crippen LogP contribution in [0, 0.1) is 0 Å². The maximum absolute atomic E-state index is 9.74. The van der Waals surface area contributed by atoms with Crippen LogP contribution in [0.3, 0.4) is 0 Å². The van der Waals surface area contributed by atoms with E-state index in [2.05, 4.69) is 0 Å². The van der Waals surface area contributed by atoms with E-state index in [0.29, 0.717) is 12.8 Å². The summed E-state index contributed by atoms with van der Waals surface area (Å²) in [6.45, 7) is 2.00. The number of hydrogen-bond acceptors (Lipinski definition) is 3. The van der Waals surface area contributed by atoms with Gasteiger partial charge in [0.1, 0.15) is 5.75 Å². The lowest BCUT2D eigenvalue weighted by Gasteiger charge is -2.16. The molecule has 0 heterocycles. The third kappa shape index (κ3) is 4.75. The van der Waals surface area contributed by atoms with Crippen LogP contribution in [0.15, 0.2) is 24.3 Å². The van der Waals surface area contributed by atoms with Gasteiger partial charge >= 0.3 is 0 Å². The van der Waals surface area contributed by atoms with E-state index in [1.54, 1.807) is 7.11 Å². The molecule has 0 aromatic heterocycles. The fourth-order valence-corrected chi connectivity index (χ4v) is 1.79. The van der Waals surface area contributed by atoms with E-state index in [1.165, 1.54) is 0 Å². The minimum Gasteiger partial charge on any atom is -0.497 e. The van der Waals surface area contributed by atoms with Crippen LogP contribution in [0.5, 0.6) is 5.75 Å². The van der Waals surface area contributed by atoms with Crippen molar-refractivity contribution in [1.82, 2.24) is 0 Å². The molecule has 2 unspecified atom stereocenters. The van der Waals surface area contributed by atoms with E-state index >= 15 is 0 Å². The molecule has 0 radical (unpaired) electrons. The van der Waals surface area contributed by atoms with E-state index in [-0.39, 0.29) is 0 Å². The second-order valence-corrected chi connectivity index (χ2v) is 4.31. The molecule has 0 aliphatic carbocycles. The number of benzene rings is 1. The number of rotatable bonds is 7. The predicted molar refractivity (Wildman–Crippen MR) is 68.2 cm³/mol. The predicted octanol–water partition coefficient (Wildman–Crippen LogP) is 2.15. The van der Waals surface area contributed by atoms with Crippen molar-refractivity contribution in [2.75, 3.05) is 7.11 Å². The molecule has 0 aliphatic rings. The van der Waals surface area contributed by atoms with Crippen LogP contribution in [0.1, 0.15) is 31.7 Å². The number of aryl methyl sites for hydroxylation is 1. The Morgan fingerprint density at radius 1 is 1.06 bits per heavy atom. The first-order valence-electron chi connectivity index (χ1n) is 6.16. The Bertz CT molecular complexity index is 308. The first-order valence-corrected chi connectivity index (χ1v) is 6.16. The van der Waals surface area contributed by atoms with E-state index < -0.39 is 12.2 Å². The van der Waals surface area contributed by atoms with Gasteiger partial charge in [-0.25, -0.2) is 0 Å². The van der Waals surface area contributed by atoms with Crippen LogP contribution < -0.4 is 4.74 Å². The number of aliphatic hydroxyl groups excluding tert-OH is 2. The van der Waals surface area contributed by atoms with Crippen molar-refractivity contribution in [2.45, 2.75) is 44.8 Å². The summed E-state index contributed by atoms with van der Waals surface area (Å²) in [5.41, 5.74) is 1.15. The molecule has 1 aromatic rings. The summed E-state index contributed by atoms with van der Waals surface area (Å²) in [5.74, 6) is 0.834. The topological polar surface area (TPSA) is 49.7 Å². The van der Waals surface area contributed by atoms with Crippen molar-refractivity contribution in [3.8, 4) is 5.75 Å². The van der Waals surface area contributed by atoms with Crippen molar-refractivity contribution in [2.24, 2.45) is 0 Å². The summed E-state index contributed by atoms with van der Waals surface area (Å²) in [6.07, 6.45) is 1.68. The molecule has 3 heteroatoms. The van der Waals surface area contributed by atoms with Crippen LogP contribution in [0.25, 0.3) is 0 Å². The summed E-state index contributed by atoms with van der Waals surface area (Å²) in [4.78, 5) is 0. The quantitative estimate of drug-likeness (QED) is 0.765. The van der Waals surface area contributed by atoms with Gasteiger partial charge < -0.3 is 14.9 Å². The molecule has 96 valence electrons. The zero-order chi connectivity index (χ0) is 12.7. The monoisotopic (exact) mass is 238 g/mol. The normalized spacial score (nSPS) is 14.4. The van der Waals surface area contributed by atoms with E-state index in [0.717, 1.165) is 24.2 Å². The molecule has 1 rings (SSSR count). The minimum atomic E-state index is -0.628. The maximum Gasteiger partial charge on any atom is 0.118 e. The molecular weight excluding hydrogens is 216 g/mol. The van der Waals surface area contributed by atoms with Crippen molar-refractivity contribution >= 4 is 0 Å². The third-order valence-corrected chi connectivity index (χ3v) is 2.92. The molecule has 0 saturated carbocycles. The second-order valence-electron chi connectivity index (χ2n) is 4.31. The van der Waals surface area contributed by atoms with E-state index in [9.17, 15) is 10.2 Å². The Hall–Kier alpha value is -1.06. The standard InChI is InChI=1S/C14H22O3/c1-3-4-13(15)14(16)10-7-11-5-8-12(17-2)9-6-11/h5-6,8-9,13-16H,3-4,7,10H2,1-2H3. The number of methoxy groups -OCH3 is 1. The SMILES string of the molecule is CCCC(O)C(O)CCc1ccc(OC)cc1. The van der Waals surface area contributed by atoms with Crippen LogP contribution in [-0.4, -0.2) is 29.5 Å². The van der Waals surface area contributed by atoms with Gasteiger partial charge in [-0.05, 0) is 37.0 Å². The van der Waals surface area contributed by atoms with Crippen molar-refractivity contribution in [1.29, 1.82) is 0 Å². The molecule has 0 fully saturated rings. The van der Waals surface area contributed by atoms with Crippen LogP contribution in [-0.2, 0) is 6.42 Å². The minimum absolute atomic E-state index is 0.591. The Balaban J connectivity index is 2.38. The highest BCUT2D eigenvalue weighted by Crippen LogP contribution is 2.14. The first-order chi connectivity index (χ1) is 8.17. The molecule has 0 saturated heterocycles. The molecule has 2 N–H and O–H groups in total. The fraction of sp³-hybridized carbons (Fsp3) is 0.571. The smallest absolute Gasteiger partial charge is 0.118 e. The largest absolute Gasteiger partial charge is 0.497 e. The summed E-state index contributed by atoms with van der Waals surface area (Å²) in [7, 11) is 1.64. The zero-order valence-corrected chi connectivity index (χ0v) is 10.6. The Morgan fingerprint density at radius 2 is 1.65 bits per heavy atom. The Morgan fingerprint density at radius 3 is 2.18 bits per heavy atom. The third-order valence-electron chi connectivity index (χ3n) is 2.92. The van der Waals surface area contributed by atoms with Crippen LogP contribution >= 0.6 is 0 Å². The average Bonchev–Trinajstić information content (AvgIpc) is 2.36. The molecule has 0 aliphatic heterocycles. The van der Waals surface area contributed by atoms with Crippen molar-refractivity contribution in [3.05, 3.63) is 29.8 Å². The maximum atomic E-state index is 9.74. The highest BCUT2D eigenvalue weighted by Gasteiger charge is 2.14. The van der Waals surface area contributed by atoms with Gasteiger partial charge in [-0.2, -0.15) is 0 Å². The van der Waals surface area contributed by atoms with Gasteiger partial charge in [-0.15, -0.1) is 0 Å². The molecule has 0 bridgehead atoms. The lowest BCUT2D eigenvalue weighted by atomic mass is 10.0. The van der Waals surface area contributed by atoms with Crippen molar-refractivity contribution < 1.29 is 14.9 Å². The van der Waals surface area contributed by atoms with Gasteiger partial charge in [-0.3, -0.25) is 0 Å². The van der Waals surface area contributed by atoms with Crippen molar-refractivity contribution in [3.63, 3.8) is 0 Å². The fourth-order valence-electron chi connectivity index (χ4n) is 1.79. The molecule has 2 atom stereocenters. The van der Waals surface area contributed by atoms with Gasteiger partial charge in [-0.1, -0.05) is 25.5 Å². The zero-order valence-electron chi connectivity index (χ0n) is 10.6. The van der Waals surface area contributed by atoms with Gasteiger partial charge in [0, 0.05) is 0 Å². The lowest BCUT2D eigenvalue weighted by Crippen LogP contribution is -2.26. The summed E-state index contributed by atoms with van der Waals surface area (Å²) < 4.78 is 5.08. The van der Waals surface area contributed by atoms with Gasteiger partial charge in [0.15, 0.2) is 0 Å². The molecule has 0 spiro atoms. The average molecular weight is 238 g/mol. The molecule has 0 amide bonds. The lowest BCUT2D eigenvalue weighted by molar-refractivity contribution is 0.00981. The molecule has 3 nitrogen and oxygen atoms in total. The van der Waals surface area contributed by atoms with Crippen LogP contribution in [0.4, 0.5) is 0 Å². The Labute approximate surface area is 103 Å². The molecular formula is C14H22O3. The summed E-state index contributed by atoms with van der Waals surface area (Å²) in [5, 5.41) is 19.3. The number of ether oxygens (including phenoxy) is 1. The van der Waals surface area contributed by atoms with Crippen LogP contribution in [0.2, 0.25) is 0 Å². The number of aliphatic hydroxyl groups is 2. The number of hydrogen-bond donors (Lipinski definition) is 2. The van der Waals surface area contributed by atoms with Gasteiger partial charge in [0.25, 0.3) is 0 Å². The highest BCUT2D eigenvalue weighted by molar-refractivity contribution is 5.27.